The van der Waals surface area contributed by atoms with E-state index in [9.17, 15) is 4.79 Å². The highest BCUT2D eigenvalue weighted by molar-refractivity contribution is 5.92. The van der Waals surface area contributed by atoms with Gasteiger partial charge in [-0.1, -0.05) is 26.0 Å². The van der Waals surface area contributed by atoms with Gasteiger partial charge in [0.05, 0.1) is 0 Å². The number of fused-ring (bicyclic) bond motifs is 5. The van der Waals surface area contributed by atoms with Gasteiger partial charge in [0.1, 0.15) is 6.10 Å². The number of allylic oxidation sites excluding steroid dienone is 2. The van der Waals surface area contributed by atoms with E-state index in [-0.39, 0.29) is 22.9 Å². The molecule has 29 heavy (non-hydrogen) atoms. The van der Waals surface area contributed by atoms with Crippen LogP contribution in [0.4, 0.5) is 0 Å². The highest BCUT2D eigenvalue weighted by Crippen LogP contribution is 2.63. The molecule has 1 unspecified atom stereocenters. The van der Waals surface area contributed by atoms with Gasteiger partial charge >= 0.3 is 5.97 Å². The second-order valence-corrected chi connectivity index (χ2v) is 10.1. The molecule has 0 amide bonds. The molecule has 6 atom stereocenters. The molecule has 0 radical (unpaired) electrons. The highest BCUT2D eigenvalue weighted by atomic mass is 16.5. The van der Waals surface area contributed by atoms with E-state index in [2.05, 4.69) is 37.0 Å². The Balaban J connectivity index is 1.41. The number of esters is 1. The molecule has 4 nitrogen and oxygen atoms in total. The van der Waals surface area contributed by atoms with Crippen LogP contribution >= 0.6 is 0 Å². The van der Waals surface area contributed by atoms with Gasteiger partial charge in [-0.05, 0) is 72.5 Å². The molecule has 154 valence electrons. The molecule has 0 N–H and O–H groups in total. The minimum atomic E-state index is -0.165. The zero-order chi connectivity index (χ0) is 20.2. The van der Waals surface area contributed by atoms with E-state index < -0.39 is 0 Å². The minimum Gasteiger partial charge on any atom is -0.462 e. The summed E-state index contributed by atoms with van der Waals surface area (Å²) in [4.78, 5) is 20.9. The molecule has 4 heteroatoms. The third-order valence-corrected chi connectivity index (χ3v) is 8.70. The average Bonchev–Trinajstić information content (AvgIpc) is 3.06. The van der Waals surface area contributed by atoms with Crippen LogP contribution in [-0.4, -0.2) is 29.3 Å². The Morgan fingerprint density at radius 3 is 2.76 bits per heavy atom. The summed E-state index contributed by atoms with van der Waals surface area (Å²) in [5.41, 5.74) is 4.54. The van der Waals surface area contributed by atoms with Crippen LogP contribution < -0.4 is 0 Å². The van der Waals surface area contributed by atoms with Gasteiger partial charge in [-0.2, -0.15) is 0 Å². The van der Waals surface area contributed by atoms with Crippen LogP contribution in [0.5, 0.6) is 0 Å². The summed E-state index contributed by atoms with van der Waals surface area (Å²) in [6.45, 7) is 7.39. The van der Waals surface area contributed by atoms with Crippen molar-refractivity contribution in [1.29, 1.82) is 0 Å². The van der Waals surface area contributed by atoms with Gasteiger partial charge in [0.2, 0.25) is 0 Å². The van der Waals surface area contributed by atoms with Crippen LogP contribution in [0, 0.1) is 28.6 Å². The molecular weight excluding hydrogens is 360 g/mol. The Morgan fingerprint density at radius 2 is 2.00 bits per heavy atom. The van der Waals surface area contributed by atoms with Crippen LogP contribution in [0.1, 0.15) is 64.9 Å². The van der Waals surface area contributed by atoms with Gasteiger partial charge < -0.3 is 4.74 Å². The molecule has 5 rings (SSSR count). The molecule has 3 aliphatic carbocycles. The van der Waals surface area contributed by atoms with Crippen LogP contribution in [0.15, 0.2) is 35.6 Å². The predicted octanol–water partition coefficient (Wildman–Crippen LogP) is 5.09. The van der Waals surface area contributed by atoms with Crippen molar-refractivity contribution >= 4 is 17.3 Å². The van der Waals surface area contributed by atoms with Gasteiger partial charge in [-0.15, -0.1) is 0 Å². The Labute approximate surface area is 173 Å². The maximum Gasteiger partial charge on any atom is 0.302 e. The lowest BCUT2D eigenvalue weighted by molar-refractivity contribution is -0.147. The molecule has 1 aromatic rings. The Morgan fingerprint density at radius 1 is 1.17 bits per heavy atom. The number of ether oxygens (including phenoxy) is 1. The molecule has 1 aromatic heterocycles. The second kappa shape index (κ2) is 6.78. The SMILES string of the molecule is CC(=O)OC1CC[C@@]2(C)C(=NC[C@@H]3[C@@H]2CC[C@]2(C)C(c4cccnc4)=CC[C@@H]32)C1. The third kappa shape index (κ3) is 2.90. The summed E-state index contributed by atoms with van der Waals surface area (Å²) >= 11 is 0. The van der Waals surface area contributed by atoms with Gasteiger partial charge in [0.15, 0.2) is 0 Å². The lowest BCUT2D eigenvalue weighted by Crippen LogP contribution is -2.54. The Bertz CT molecular complexity index is 876. The van der Waals surface area contributed by atoms with Gasteiger partial charge in [-0.25, -0.2) is 0 Å². The number of carbonyl (C=O) groups excluding carboxylic acids is 1. The molecule has 2 fully saturated rings. The van der Waals surface area contributed by atoms with Gasteiger partial charge in [-0.3, -0.25) is 14.8 Å². The van der Waals surface area contributed by atoms with Gasteiger partial charge in [0, 0.05) is 43.4 Å². The van der Waals surface area contributed by atoms with Gasteiger partial charge in [0.25, 0.3) is 0 Å². The predicted molar refractivity (Wildman–Crippen MR) is 114 cm³/mol. The average molecular weight is 393 g/mol. The maximum atomic E-state index is 11.4. The van der Waals surface area contributed by atoms with E-state index in [1.807, 2.05) is 12.4 Å². The largest absolute Gasteiger partial charge is 0.462 e. The molecular formula is C25H32N2O2. The molecule has 2 saturated carbocycles. The van der Waals surface area contributed by atoms with E-state index in [0.717, 1.165) is 25.8 Å². The van der Waals surface area contributed by atoms with Crippen molar-refractivity contribution in [1.82, 2.24) is 4.98 Å². The Kier molecular flexibility index (Phi) is 4.45. The molecule has 0 bridgehead atoms. The summed E-state index contributed by atoms with van der Waals surface area (Å²) < 4.78 is 5.54. The molecule has 2 heterocycles. The number of hydrogen-bond donors (Lipinski definition) is 0. The minimum absolute atomic E-state index is 0.0232. The lowest BCUT2D eigenvalue weighted by atomic mass is 9.49. The summed E-state index contributed by atoms with van der Waals surface area (Å²) in [6, 6.07) is 4.27. The fourth-order valence-corrected chi connectivity index (χ4v) is 7.22. The molecule has 0 aromatic carbocycles. The van der Waals surface area contributed by atoms with Crippen molar-refractivity contribution in [2.24, 2.45) is 33.6 Å². The number of carbonyl (C=O) groups is 1. The van der Waals surface area contributed by atoms with Crippen molar-refractivity contribution in [3.05, 3.63) is 36.2 Å². The third-order valence-electron chi connectivity index (χ3n) is 8.70. The van der Waals surface area contributed by atoms with E-state index in [0.29, 0.717) is 17.8 Å². The number of rotatable bonds is 2. The van der Waals surface area contributed by atoms with Crippen molar-refractivity contribution in [2.45, 2.75) is 65.4 Å². The van der Waals surface area contributed by atoms with Crippen molar-refractivity contribution < 1.29 is 9.53 Å². The number of aromatic nitrogens is 1. The quantitative estimate of drug-likeness (QED) is 0.659. The smallest absolute Gasteiger partial charge is 0.302 e. The van der Waals surface area contributed by atoms with E-state index >= 15 is 0 Å². The summed E-state index contributed by atoms with van der Waals surface area (Å²) in [5, 5.41) is 0. The molecule has 4 aliphatic rings. The fourth-order valence-electron chi connectivity index (χ4n) is 7.22. The normalized spacial score (nSPS) is 40.8. The zero-order valence-electron chi connectivity index (χ0n) is 17.9. The lowest BCUT2D eigenvalue weighted by Gasteiger charge is -2.57. The first-order chi connectivity index (χ1) is 13.9. The van der Waals surface area contributed by atoms with E-state index in [1.54, 1.807) is 0 Å². The van der Waals surface area contributed by atoms with Crippen LogP contribution in [0.25, 0.3) is 5.57 Å². The Hall–Kier alpha value is -1.97. The number of pyridine rings is 1. The molecule has 0 saturated heterocycles. The van der Waals surface area contributed by atoms with E-state index in [4.69, 9.17) is 9.73 Å². The fraction of sp³-hybridized carbons (Fsp3) is 0.640. The number of hydrogen-bond acceptors (Lipinski definition) is 4. The summed E-state index contributed by atoms with van der Waals surface area (Å²) in [5.74, 6) is 1.86. The number of nitrogens with zero attached hydrogens (tertiary/aromatic N) is 2. The number of aliphatic imine (C=N–C) groups is 1. The van der Waals surface area contributed by atoms with Crippen LogP contribution in [0.2, 0.25) is 0 Å². The first kappa shape index (κ1) is 19.0. The highest BCUT2D eigenvalue weighted by Gasteiger charge is 2.57. The molecule has 1 aliphatic heterocycles. The zero-order valence-corrected chi connectivity index (χ0v) is 17.9. The standard InChI is InChI=1S/C25H32N2O2/c1-16(28)29-18-8-10-25(3)22-9-11-24(2)20(17-5-4-12-26-14-17)6-7-21(24)19(22)15-27-23(25)13-18/h4-6,12,14,18-19,21-22H,7-11,13,15H2,1-3H3/t18?,19-,21-,22-,24+,25+/m0/s1. The topological polar surface area (TPSA) is 51.5 Å². The van der Waals surface area contributed by atoms with Crippen molar-refractivity contribution in [3.63, 3.8) is 0 Å². The van der Waals surface area contributed by atoms with Crippen molar-refractivity contribution in [3.8, 4) is 0 Å². The van der Waals surface area contributed by atoms with Crippen LogP contribution in [0.3, 0.4) is 0 Å². The second-order valence-electron chi connectivity index (χ2n) is 10.1. The summed E-state index contributed by atoms with van der Waals surface area (Å²) in [7, 11) is 0. The monoisotopic (exact) mass is 392 g/mol. The maximum absolute atomic E-state index is 11.4. The first-order valence-corrected chi connectivity index (χ1v) is 11.2. The molecule has 0 spiro atoms. The van der Waals surface area contributed by atoms with E-state index in [1.165, 1.54) is 43.0 Å². The van der Waals surface area contributed by atoms with Crippen LogP contribution in [-0.2, 0) is 9.53 Å². The first-order valence-electron chi connectivity index (χ1n) is 11.2. The van der Waals surface area contributed by atoms with Crippen molar-refractivity contribution in [2.75, 3.05) is 6.54 Å². The summed E-state index contributed by atoms with van der Waals surface area (Å²) in [6.07, 6.45) is 13.0.